The number of ether oxygens (including phenoxy) is 1. The maximum absolute atomic E-state index is 5.81. The second-order valence-corrected chi connectivity index (χ2v) is 5.06. The monoisotopic (exact) mass is 398 g/mol. The molecule has 0 aliphatic carbocycles. The highest BCUT2D eigenvalue weighted by atomic mass is 127. The van der Waals surface area contributed by atoms with Crippen LogP contribution in [-0.4, -0.2) is 56.8 Å². The molecule has 0 bridgehead atoms. The van der Waals surface area contributed by atoms with Crippen LogP contribution in [0.2, 0.25) is 0 Å². The Morgan fingerprint density at radius 3 is 2.65 bits per heavy atom. The van der Waals surface area contributed by atoms with Gasteiger partial charge >= 0.3 is 0 Å². The number of unbranched alkanes of at least 4 members (excludes halogenated alkanes) is 3. The van der Waals surface area contributed by atoms with Crippen LogP contribution >= 0.6 is 24.0 Å². The minimum Gasteiger partial charge on any atom is -0.379 e. The summed E-state index contributed by atoms with van der Waals surface area (Å²) >= 11 is 0. The zero-order valence-corrected chi connectivity index (χ0v) is 15.1. The van der Waals surface area contributed by atoms with Crippen molar-refractivity contribution in [1.82, 2.24) is 10.2 Å². The van der Waals surface area contributed by atoms with Crippen LogP contribution in [0, 0.1) is 0 Å². The van der Waals surface area contributed by atoms with Gasteiger partial charge in [-0.25, -0.2) is 0 Å². The van der Waals surface area contributed by atoms with Crippen LogP contribution in [0.1, 0.15) is 39.0 Å². The molecule has 20 heavy (non-hydrogen) atoms. The van der Waals surface area contributed by atoms with E-state index in [0.29, 0.717) is 5.96 Å². The summed E-state index contributed by atoms with van der Waals surface area (Å²) in [6.07, 6.45) is 6.09. The van der Waals surface area contributed by atoms with E-state index in [1.807, 2.05) is 0 Å². The summed E-state index contributed by atoms with van der Waals surface area (Å²) in [6, 6.07) is 0. The number of guanidine groups is 1. The molecule has 1 rings (SSSR count). The molecule has 120 valence electrons. The molecule has 1 heterocycles. The van der Waals surface area contributed by atoms with Gasteiger partial charge in [-0.1, -0.05) is 26.2 Å². The van der Waals surface area contributed by atoms with E-state index in [2.05, 4.69) is 22.1 Å². The average molecular weight is 398 g/mol. The van der Waals surface area contributed by atoms with Crippen molar-refractivity contribution in [3.63, 3.8) is 0 Å². The van der Waals surface area contributed by atoms with Crippen LogP contribution in [0.25, 0.3) is 0 Å². The average Bonchev–Trinajstić information content (AvgIpc) is 2.44. The first-order chi connectivity index (χ1) is 9.33. The van der Waals surface area contributed by atoms with E-state index in [4.69, 9.17) is 10.5 Å². The lowest BCUT2D eigenvalue weighted by Gasteiger charge is -2.26. The SMILES string of the molecule is CCCCCCNC(N)=NCCCN1CCOCC1.I. The molecule has 5 nitrogen and oxygen atoms in total. The highest BCUT2D eigenvalue weighted by molar-refractivity contribution is 14.0. The Bertz CT molecular complexity index is 245. The van der Waals surface area contributed by atoms with Crippen molar-refractivity contribution >= 4 is 29.9 Å². The van der Waals surface area contributed by atoms with Crippen LogP contribution in [0.15, 0.2) is 4.99 Å². The lowest BCUT2D eigenvalue weighted by atomic mass is 10.2. The van der Waals surface area contributed by atoms with Crippen molar-refractivity contribution in [3.05, 3.63) is 0 Å². The summed E-state index contributed by atoms with van der Waals surface area (Å²) in [4.78, 5) is 6.78. The molecule has 0 saturated carbocycles. The van der Waals surface area contributed by atoms with Gasteiger partial charge in [-0.3, -0.25) is 9.89 Å². The predicted octanol–water partition coefficient (Wildman–Crippen LogP) is 1.81. The molecule has 0 atom stereocenters. The minimum absolute atomic E-state index is 0. The first-order valence-electron chi connectivity index (χ1n) is 7.67. The van der Waals surface area contributed by atoms with E-state index >= 15 is 0 Å². The fourth-order valence-corrected chi connectivity index (χ4v) is 2.14. The third-order valence-corrected chi connectivity index (χ3v) is 3.35. The van der Waals surface area contributed by atoms with E-state index in [9.17, 15) is 0 Å². The Hall–Kier alpha value is -0.0800. The van der Waals surface area contributed by atoms with Crippen LogP contribution in [0.4, 0.5) is 0 Å². The molecule has 0 aromatic rings. The van der Waals surface area contributed by atoms with Crippen LogP contribution < -0.4 is 11.1 Å². The molecule has 0 spiro atoms. The van der Waals surface area contributed by atoms with Gasteiger partial charge in [0.1, 0.15) is 0 Å². The second kappa shape index (κ2) is 13.9. The van der Waals surface area contributed by atoms with E-state index in [-0.39, 0.29) is 24.0 Å². The standard InChI is InChI=1S/C14H30N4O.HI/c1-2-3-4-5-7-16-14(15)17-8-6-9-18-10-12-19-13-11-18;/h2-13H2,1H3,(H3,15,16,17);1H. The summed E-state index contributed by atoms with van der Waals surface area (Å²) in [5.41, 5.74) is 5.81. The Morgan fingerprint density at radius 1 is 1.20 bits per heavy atom. The molecular weight excluding hydrogens is 367 g/mol. The molecule has 6 heteroatoms. The van der Waals surface area contributed by atoms with Crippen molar-refractivity contribution in [2.45, 2.75) is 39.0 Å². The molecule has 1 fully saturated rings. The third-order valence-electron chi connectivity index (χ3n) is 3.35. The number of rotatable bonds is 9. The largest absolute Gasteiger partial charge is 0.379 e. The fraction of sp³-hybridized carbons (Fsp3) is 0.929. The number of halogens is 1. The van der Waals surface area contributed by atoms with Gasteiger partial charge in [0.25, 0.3) is 0 Å². The Balaban J connectivity index is 0.00000361. The van der Waals surface area contributed by atoms with Crippen molar-refractivity contribution in [2.75, 3.05) is 45.9 Å². The molecule has 0 radical (unpaired) electrons. The zero-order chi connectivity index (χ0) is 13.8. The molecule has 0 unspecified atom stereocenters. The van der Waals surface area contributed by atoms with Gasteiger partial charge in [-0.05, 0) is 12.8 Å². The Morgan fingerprint density at radius 2 is 1.95 bits per heavy atom. The van der Waals surface area contributed by atoms with E-state index in [1.54, 1.807) is 0 Å². The molecular formula is C14H31IN4O. The van der Waals surface area contributed by atoms with E-state index in [0.717, 1.165) is 52.4 Å². The van der Waals surface area contributed by atoms with Crippen LogP contribution in [-0.2, 0) is 4.74 Å². The van der Waals surface area contributed by atoms with Crippen LogP contribution in [0.5, 0.6) is 0 Å². The van der Waals surface area contributed by atoms with Crippen molar-refractivity contribution < 1.29 is 4.74 Å². The first-order valence-corrected chi connectivity index (χ1v) is 7.67. The Kier molecular flexibility index (Phi) is 13.8. The van der Waals surface area contributed by atoms with Gasteiger partial charge < -0.3 is 15.8 Å². The predicted molar refractivity (Wildman–Crippen MR) is 95.9 cm³/mol. The maximum Gasteiger partial charge on any atom is 0.188 e. The summed E-state index contributed by atoms with van der Waals surface area (Å²) in [7, 11) is 0. The number of morpholine rings is 1. The lowest BCUT2D eigenvalue weighted by Crippen LogP contribution is -2.37. The number of aliphatic imine (C=N–C) groups is 1. The van der Waals surface area contributed by atoms with Crippen molar-refractivity contribution in [3.8, 4) is 0 Å². The zero-order valence-electron chi connectivity index (χ0n) is 12.8. The van der Waals surface area contributed by atoms with Gasteiger partial charge in [0, 0.05) is 32.7 Å². The van der Waals surface area contributed by atoms with E-state index in [1.165, 1.54) is 25.7 Å². The molecule has 3 N–H and O–H groups in total. The topological polar surface area (TPSA) is 62.9 Å². The molecule has 0 aromatic heterocycles. The molecule has 1 aliphatic rings. The van der Waals surface area contributed by atoms with Crippen molar-refractivity contribution in [2.24, 2.45) is 10.7 Å². The Labute approximate surface area is 140 Å². The molecule has 1 saturated heterocycles. The van der Waals surface area contributed by atoms with Gasteiger partial charge in [0.2, 0.25) is 0 Å². The number of nitrogens with two attached hydrogens (primary N) is 1. The highest BCUT2D eigenvalue weighted by Gasteiger charge is 2.08. The quantitative estimate of drug-likeness (QED) is 0.269. The number of hydrogen-bond acceptors (Lipinski definition) is 3. The summed E-state index contributed by atoms with van der Waals surface area (Å²) < 4.78 is 5.32. The number of nitrogens with one attached hydrogen (secondary N) is 1. The summed E-state index contributed by atoms with van der Waals surface area (Å²) in [5, 5.41) is 3.17. The van der Waals surface area contributed by atoms with Gasteiger partial charge in [0.05, 0.1) is 13.2 Å². The molecule has 1 aliphatic heterocycles. The smallest absolute Gasteiger partial charge is 0.188 e. The first kappa shape index (κ1) is 19.9. The maximum atomic E-state index is 5.81. The fourth-order valence-electron chi connectivity index (χ4n) is 2.14. The van der Waals surface area contributed by atoms with Crippen LogP contribution in [0.3, 0.4) is 0 Å². The number of hydrogen-bond donors (Lipinski definition) is 2. The second-order valence-electron chi connectivity index (χ2n) is 5.06. The lowest BCUT2D eigenvalue weighted by molar-refractivity contribution is 0.0377. The highest BCUT2D eigenvalue weighted by Crippen LogP contribution is 1.98. The van der Waals surface area contributed by atoms with Gasteiger partial charge in [-0.2, -0.15) is 0 Å². The summed E-state index contributed by atoms with van der Waals surface area (Å²) in [5.74, 6) is 0.596. The number of nitrogens with zero attached hydrogens (tertiary/aromatic N) is 2. The van der Waals surface area contributed by atoms with E-state index < -0.39 is 0 Å². The van der Waals surface area contributed by atoms with Gasteiger partial charge in [-0.15, -0.1) is 24.0 Å². The molecule has 0 amide bonds. The molecule has 0 aromatic carbocycles. The normalized spacial score (nSPS) is 16.8. The van der Waals surface area contributed by atoms with Crippen molar-refractivity contribution in [1.29, 1.82) is 0 Å². The third kappa shape index (κ3) is 10.7. The summed E-state index contributed by atoms with van der Waals surface area (Å²) in [6.45, 7) is 8.90. The minimum atomic E-state index is 0. The van der Waals surface area contributed by atoms with Gasteiger partial charge in [0.15, 0.2) is 5.96 Å².